The van der Waals surface area contributed by atoms with E-state index in [0.717, 1.165) is 24.1 Å². The second-order valence-electron chi connectivity index (χ2n) is 5.69. The summed E-state index contributed by atoms with van der Waals surface area (Å²) in [4.78, 5) is 29.8. The Labute approximate surface area is 139 Å². The van der Waals surface area contributed by atoms with Crippen LogP contribution in [0.1, 0.15) is 38.5 Å². The Balaban J connectivity index is 1.97. The van der Waals surface area contributed by atoms with Crippen molar-refractivity contribution >= 4 is 17.6 Å². The normalized spacial score (nSPS) is 13.3. The quantitative estimate of drug-likeness (QED) is 0.938. The summed E-state index contributed by atoms with van der Waals surface area (Å²) in [5, 5.41) is 9.08. The maximum atomic E-state index is 12.9. The van der Waals surface area contributed by atoms with E-state index in [-0.39, 0.29) is 17.2 Å². The molecule has 0 fully saturated rings. The summed E-state index contributed by atoms with van der Waals surface area (Å²) in [6, 6.07) is 8.60. The summed E-state index contributed by atoms with van der Waals surface area (Å²) in [5.74, 6) is -0.588. The largest absolute Gasteiger partial charge is 0.497 e. The van der Waals surface area contributed by atoms with Crippen molar-refractivity contribution in [1.82, 2.24) is 4.98 Å². The van der Waals surface area contributed by atoms with Crippen LogP contribution in [0.15, 0.2) is 30.3 Å². The summed E-state index contributed by atoms with van der Waals surface area (Å²) < 4.78 is 5.26. The first kappa shape index (κ1) is 16.0. The molecule has 0 saturated carbocycles. The first-order valence-corrected chi connectivity index (χ1v) is 7.71. The van der Waals surface area contributed by atoms with Gasteiger partial charge in [0.15, 0.2) is 0 Å². The van der Waals surface area contributed by atoms with Crippen LogP contribution >= 0.6 is 0 Å². The molecule has 1 aliphatic rings. The highest BCUT2D eigenvalue weighted by Gasteiger charge is 2.25. The van der Waals surface area contributed by atoms with Crippen molar-refractivity contribution in [3.05, 3.63) is 52.8 Å². The van der Waals surface area contributed by atoms with Gasteiger partial charge in [-0.05, 0) is 43.5 Å². The van der Waals surface area contributed by atoms with Gasteiger partial charge in [-0.3, -0.25) is 4.79 Å². The molecule has 0 aliphatic carbocycles. The van der Waals surface area contributed by atoms with Gasteiger partial charge in [-0.1, -0.05) is 6.07 Å². The Morgan fingerprint density at radius 1 is 1.25 bits per heavy atom. The van der Waals surface area contributed by atoms with E-state index < -0.39 is 5.97 Å². The second-order valence-corrected chi connectivity index (χ2v) is 5.69. The van der Waals surface area contributed by atoms with E-state index in [9.17, 15) is 9.59 Å². The zero-order valence-electron chi connectivity index (χ0n) is 13.6. The fourth-order valence-corrected chi connectivity index (χ4v) is 2.94. The van der Waals surface area contributed by atoms with Crippen molar-refractivity contribution in [2.45, 2.75) is 19.8 Å². The number of nitrogens with zero attached hydrogens (tertiary/aromatic N) is 2. The maximum absolute atomic E-state index is 12.9. The number of hydrogen-bond acceptors (Lipinski definition) is 4. The zero-order valence-corrected chi connectivity index (χ0v) is 13.6. The van der Waals surface area contributed by atoms with Gasteiger partial charge in [0.1, 0.15) is 11.4 Å². The molecule has 124 valence electrons. The topological polar surface area (TPSA) is 79.7 Å². The molecular weight excluding hydrogens is 308 g/mol. The molecule has 1 amide bonds. The Morgan fingerprint density at radius 2 is 2.04 bits per heavy atom. The maximum Gasteiger partial charge on any atom is 0.337 e. The number of carboxylic acid groups (broad SMARTS) is 1. The number of aryl methyl sites for hydroxylation is 2. The first-order chi connectivity index (χ1) is 11.5. The number of rotatable bonds is 3. The molecule has 6 heteroatoms. The van der Waals surface area contributed by atoms with E-state index >= 15 is 0 Å². The number of amides is 1. The lowest BCUT2D eigenvalue weighted by Gasteiger charge is -2.29. The lowest BCUT2D eigenvalue weighted by Crippen LogP contribution is -2.36. The number of ether oxygens (including phenoxy) is 1. The molecule has 2 heterocycles. The molecule has 6 nitrogen and oxygen atoms in total. The van der Waals surface area contributed by atoms with Crippen molar-refractivity contribution in [2.24, 2.45) is 0 Å². The van der Waals surface area contributed by atoms with Gasteiger partial charge < -0.3 is 14.7 Å². The van der Waals surface area contributed by atoms with Gasteiger partial charge in [-0.2, -0.15) is 0 Å². The molecule has 0 saturated heterocycles. The van der Waals surface area contributed by atoms with E-state index in [1.165, 1.54) is 12.1 Å². The van der Waals surface area contributed by atoms with Crippen molar-refractivity contribution in [3.63, 3.8) is 0 Å². The van der Waals surface area contributed by atoms with E-state index in [2.05, 4.69) is 4.98 Å². The standard InChI is InChI=1S/C18H18N2O4/c1-11-14(18(22)23)7-8-15(19-11)17(21)20-9-3-4-12-5-6-13(24-2)10-16(12)20/h5-8,10H,3-4,9H2,1-2H3,(H,22,23). The van der Waals surface area contributed by atoms with Crippen LogP contribution in [0.5, 0.6) is 5.75 Å². The number of pyridine rings is 1. The van der Waals surface area contributed by atoms with Crippen molar-refractivity contribution in [1.29, 1.82) is 0 Å². The second kappa shape index (κ2) is 6.31. The molecule has 0 bridgehead atoms. The van der Waals surface area contributed by atoms with E-state index in [1.54, 1.807) is 18.9 Å². The Kier molecular flexibility index (Phi) is 4.20. The van der Waals surface area contributed by atoms with Gasteiger partial charge in [0.2, 0.25) is 0 Å². The third-order valence-electron chi connectivity index (χ3n) is 4.19. The van der Waals surface area contributed by atoms with Crippen LogP contribution in [-0.4, -0.2) is 35.6 Å². The number of carbonyl (C=O) groups excluding carboxylic acids is 1. The van der Waals surface area contributed by atoms with Crippen LogP contribution in [0.3, 0.4) is 0 Å². The van der Waals surface area contributed by atoms with E-state index in [0.29, 0.717) is 18.0 Å². The number of benzene rings is 1. The number of methoxy groups -OCH3 is 1. The number of hydrogen-bond donors (Lipinski definition) is 1. The summed E-state index contributed by atoms with van der Waals surface area (Å²) >= 11 is 0. The minimum atomic E-state index is -1.05. The molecule has 1 aromatic carbocycles. The van der Waals surface area contributed by atoms with Gasteiger partial charge >= 0.3 is 5.97 Å². The number of carbonyl (C=O) groups is 2. The Morgan fingerprint density at radius 3 is 2.71 bits per heavy atom. The summed E-state index contributed by atoms with van der Waals surface area (Å²) in [7, 11) is 1.59. The average Bonchev–Trinajstić information content (AvgIpc) is 2.59. The van der Waals surface area contributed by atoms with E-state index in [4.69, 9.17) is 9.84 Å². The van der Waals surface area contributed by atoms with Crippen LogP contribution in [0, 0.1) is 6.92 Å². The van der Waals surface area contributed by atoms with Gasteiger partial charge in [0.05, 0.1) is 24.1 Å². The monoisotopic (exact) mass is 326 g/mol. The number of fused-ring (bicyclic) bond motifs is 1. The predicted molar refractivity (Wildman–Crippen MR) is 88.9 cm³/mol. The highest BCUT2D eigenvalue weighted by atomic mass is 16.5. The number of anilines is 1. The average molecular weight is 326 g/mol. The molecule has 0 radical (unpaired) electrons. The van der Waals surface area contributed by atoms with Crippen molar-refractivity contribution in [3.8, 4) is 5.75 Å². The molecule has 1 N–H and O–H groups in total. The van der Waals surface area contributed by atoms with E-state index in [1.807, 2.05) is 18.2 Å². The molecule has 1 aromatic heterocycles. The number of aromatic nitrogens is 1. The molecule has 3 rings (SSSR count). The van der Waals surface area contributed by atoms with Crippen molar-refractivity contribution in [2.75, 3.05) is 18.6 Å². The van der Waals surface area contributed by atoms with Crippen LogP contribution in [-0.2, 0) is 6.42 Å². The van der Waals surface area contributed by atoms with Gasteiger partial charge in [-0.15, -0.1) is 0 Å². The molecule has 2 aromatic rings. The van der Waals surface area contributed by atoms with Crippen molar-refractivity contribution < 1.29 is 19.4 Å². The van der Waals surface area contributed by atoms with Crippen LogP contribution in [0.25, 0.3) is 0 Å². The Bertz CT molecular complexity index is 817. The molecule has 24 heavy (non-hydrogen) atoms. The van der Waals surface area contributed by atoms with Crippen LogP contribution < -0.4 is 9.64 Å². The number of carboxylic acids is 1. The minimum Gasteiger partial charge on any atom is -0.497 e. The van der Waals surface area contributed by atoms with Crippen LogP contribution in [0.2, 0.25) is 0 Å². The van der Waals surface area contributed by atoms with Crippen LogP contribution in [0.4, 0.5) is 5.69 Å². The number of aromatic carboxylic acids is 1. The van der Waals surface area contributed by atoms with Gasteiger partial charge in [0, 0.05) is 12.6 Å². The third kappa shape index (κ3) is 2.82. The highest BCUT2D eigenvalue weighted by molar-refractivity contribution is 6.06. The summed E-state index contributed by atoms with van der Waals surface area (Å²) in [6.07, 6.45) is 1.78. The molecule has 0 unspecified atom stereocenters. The minimum absolute atomic E-state index is 0.104. The lowest BCUT2D eigenvalue weighted by atomic mass is 10.0. The third-order valence-corrected chi connectivity index (χ3v) is 4.19. The molecule has 0 spiro atoms. The summed E-state index contributed by atoms with van der Waals surface area (Å²) in [6.45, 7) is 2.19. The molecular formula is C18H18N2O4. The first-order valence-electron chi connectivity index (χ1n) is 7.71. The fraction of sp³-hybridized carbons (Fsp3) is 0.278. The lowest BCUT2D eigenvalue weighted by molar-refractivity contribution is 0.0695. The molecule has 1 aliphatic heterocycles. The highest BCUT2D eigenvalue weighted by Crippen LogP contribution is 2.31. The fourth-order valence-electron chi connectivity index (χ4n) is 2.94. The smallest absolute Gasteiger partial charge is 0.337 e. The SMILES string of the molecule is COc1ccc2c(c1)N(C(=O)c1ccc(C(=O)O)c(C)n1)CCC2. The molecule has 0 atom stereocenters. The zero-order chi connectivity index (χ0) is 17.3. The predicted octanol–water partition coefficient (Wildman–Crippen LogP) is 2.69. The van der Waals surface area contributed by atoms with Gasteiger partial charge in [0.25, 0.3) is 5.91 Å². The Hall–Kier alpha value is -2.89. The van der Waals surface area contributed by atoms with Gasteiger partial charge in [-0.25, -0.2) is 9.78 Å². The summed E-state index contributed by atoms with van der Waals surface area (Å²) in [5.41, 5.74) is 2.60.